The molecule has 1 saturated heterocycles. The molecule has 2 atom stereocenters. The Bertz CT molecular complexity index is 160. The topological polar surface area (TPSA) is 12.5 Å². The summed E-state index contributed by atoms with van der Waals surface area (Å²) in [6, 6.07) is 0. The van der Waals surface area contributed by atoms with E-state index in [2.05, 4.69) is 18.9 Å². The van der Waals surface area contributed by atoms with Crippen molar-refractivity contribution in [2.75, 3.05) is 20.4 Å². The summed E-state index contributed by atoms with van der Waals surface area (Å²) in [5.74, 6) is 0.793. The summed E-state index contributed by atoms with van der Waals surface area (Å²) in [4.78, 5) is 2.37. The molecular weight excluding hydrogens is 138 g/mol. The van der Waals surface area contributed by atoms with Crippen LogP contribution in [0.25, 0.3) is 0 Å². The van der Waals surface area contributed by atoms with Crippen molar-refractivity contribution in [1.29, 1.82) is 0 Å². The molecule has 0 aromatic rings. The van der Waals surface area contributed by atoms with Gasteiger partial charge in [0.1, 0.15) is 0 Å². The van der Waals surface area contributed by atoms with Gasteiger partial charge >= 0.3 is 0 Å². The van der Waals surface area contributed by atoms with Crippen LogP contribution in [0.15, 0.2) is 0 Å². The zero-order chi connectivity index (χ0) is 7.90. The molecule has 1 aliphatic heterocycles. The Balaban J connectivity index is 2.17. The van der Waals surface area contributed by atoms with Gasteiger partial charge in [-0.2, -0.15) is 0 Å². The monoisotopic (exact) mass is 155 g/mol. The molecule has 2 aliphatic rings. The quantitative estimate of drug-likeness (QED) is 0.525. The van der Waals surface area contributed by atoms with Gasteiger partial charge in [-0.15, -0.1) is 0 Å². The predicted molar refractivity (Wildman–Crippen MR) is 44.3 cm³/mol. The minimum atomic E-state index is 0.457. The van der Waals surface area contributed by atoms with Gasteiger partial charge in [0.25, 0.3) is 0 Å². The Labute approximate surface area is 68.5 Å². The summed E-state index contributed by atoms with van der Waals surface area (Å²) in [6.07, 6.45) is 4.10. The second-order valence-electron chi connectivity index (χ2n) is 4.14. The molecule has 0 N–H and O–H groups in total. The lowest BCUT2D eigenvalue weighted by atomic mass is 9.87. The minimum Gasteiger partial charge on any atom is -0.366 e. The summed E-state index contributed by atoms with van der Waals surface area (Å²) >= 11 is 0. The van der Waals surface area contributed by atoms with Crippen LogP contribution < -0.4 is 0 Å². The molecule has 0 radical (unpaired) electrons. The van der Waals surface area contributed by atoms with E-state index < -0.39 is 0 Å². The summed E-state index contributed by atoms with van der Waals surface area (Å²) < 4.78 is 5.49. The van der Waals surface area contributed by atoms with Gasteiger partial charge in [0, 0.05) is 11.5 Å². The zero-order valence-electron chi connectivity index (χ0n) is 7.47. The molecule has 1 saturated carbocycles. The SMILES string of the molecule is CN1COC[C@H]2CCC[C@]21C. The van der Waals surface area contributed by atoms with Crippen LogP contribution in [0.5, 0.6) is 0 Å². The molecule has 1 heterocycles. The predicted octanol–water partition coefficient (Wildman–Crippen LogP) is 1.46. The highest BCUT2D eigenvalue weighted by Crippen LogP contribution is 2.41. The smallest absolute Gasteiger partial charge is 0.0992 e. The first-order valence-corrected chi connectivity index (χ1v) is 4.52. The number of fused-ring (bicyclic) bond motifs is 1. The number of nitrogens with zero attached hydrogens (tertiary/aromatic N) is 1. The fraction of sp³-hybridized carbons (Fsp3) is 1.00. The van der Waals surface area contributed by atoms with Gasteiger partial charge in [0.2, 0.25) is 0 Å². The average molecular weight is 155 g/mol. The summed E-state index contributed by atoms with van der Waals surface area (Å²) in [5.41, 5.74) is 0.457. The van der Waals surface area contributed by atoms with Crippen molar-refractivity contribution < 1.29 is 4.74 Å². The van der Waals surface area contributed by atoms with Crippen molar-refractivity contribution in [1.82, 2.24) is 4.90 Å². The van der Waals surface area contributed by atoms with Crippen LogP contribution >= 0.6 is 0 Å². The van der Waals surface area contributed by atoms with Gasteiger partial charge in [-0.3, -0.25) is 4.90 Å². The fourth-order valence-corrected chi connectivity index (χ4v) is 2.47. The van der Waals surface area contributed by atoms with Crippen LogP contribution in [-0.4, -0.2) is 30.8 Å². The third-order valence-electron chi connectivity index (χ3n) is 3.59. The minimum absolute atomic E-state index is 0.457. The molecule has 0 unspecified atom stereocenters. The van der Waals surface area contributed by atoms with Gasteiger partial charge in [0.05, 0.1) is 13.3 Å². The molecular formula is C9H17NO. The molecule has 2 nitrogen and oxygen atoms in total. The number of hydrogen-bond donors (Lipinski definition) is 0. The Morgan fingerprint density at radius 3 is 3.09 bits per heavy atom. The van der Waals surface area contributed by atoms with E-state index in [4.69, 9.17) is 4.74 Å². The largest absolute Gasteiger partial charge is 0.366 e. The van der Waals surface area contributed by atoms with Crippen LogP contribution in [0.2, 0.25) is 0 Å². The maximum absolute atomic E-state index is 5.49. The van der Waals surface area contributed by atoms with Crippen molar-refractivity contribution in [2.45, 2.75) is 31.7 Å². The highest BCUT2D eigenvalue weighted by molar-refractivity contribution is 4.97. The zero-order valence-corrected chi connectivity index (χ0v) is 7.47. The lowest BCUT2D eigenvalue weighted by molar-refractivity contribution is -0.102. The van der Waals surface area contributed by atoms with Crippen molar-refractivity contribution in [3.63, 3.8) is 0 Å². The van der Waals surface area contributed by atoms with Gasteiger partial charge in [-0.05, 0) is 26.8 Å². The van der Waals surface area contributed by atoms with Crippen LogP contribution in [0.4, 0.5) is 0 Å². The molecule has 2 rings (SSSR count). The van der Waals surface area contributed by atoms with Crippen molar-refractivity contribution in [3.8, 4) is 0 Å². The first-order chi connectivity index (χ1) is 5.23. The molecule has 0 aromatic heterocycles. The third kappa shape index (κ3) is 1.00. The van der Waals surface area contributed by atoms with E-state index in [0.29, 0.717) is 5.54 Å². The second-order valence-corrected chi connectivity index (χ2v) is 4.14. The molecule has 0 amide bonds. The van der Waals surface area contributed by atoms with E-state index in [0.717, 1.165) is 19.3 Å². The normalized spacial score (nSPS) is 45.8. The molecule has 64 valence electrons. The van der Waals surface area contributed by atoms with Crippen molar-refractivity contribution in [2.24, 2.45) is 5.92 Å². The Morgan fingerprint density at radius 2 is 2.36 bits per heavy atom. The molecule has 1 aliphatic carbocycles. The van der Waals surface area contributed by atoms with Crippen LogP contribution in [0, 0.1) is 5.92 Å². The maximum Gasteiger partial charge on any atom is 0.0992 e. The van der Waals surface area contributed by atoms with Gasteiger partial charge in [-0.1, -0.05) is 6.42 Å². The Kier molecular flexibility index (Phi) is 1.69. The molecule has 11 heavy (non-hydrogen) atoms. The van der Waals surface area contributed by atoms with E-state index in [-0.39, 0.29) is 0 Å². The standard InChI is InChI=1S/C9H17NO/c1-9-5-3-4-8(9)6-11-7-10(9)2/h8H,3-7H2,1-2H3/t8-,9-/m1/s1. The van der Waals surface area contributed by atoms with Gasteiger partial charge in [-0.25, -0.2) is 0 Å². The third-order valence-corrected chi connectivity index (χ3v) is 3.59. The van der Waals surface area contributed by atoms with Gasteiger partial charge < -0.3 is 4.74 Å². The molecule has 0 aromatic carbocycles. The first kappa shape index (κ1) is 7.56. The second kappa shape index (κ2) is 2.46. The van der Waals surface area contributed by atoms with Gasteiger partial charge in [0.15, 0.2) is 0 Å². The Hall–Kier alpha value is -0.0800. The molecule has 0 spiro atoms. The van der Waals surface area contributed by atoms with Crippen molar-refractivity contribution >= 4 is 0 Å². The lowest BCUT2D eigenvalue weighted by Crippen LogP contribution is -2.52. The maximum atomic E-state index is 5.49. The number of rotatable bonds is 0. The van der Waals surface area contributed by atoms with E-state index in [9.17, 15) is 0 Å². The molecule has 0 bridgehead atoms. The summed E-state index contributed by atoms with van der Waals surface area (Å²) in [5, 5.41) is 0. The summed E-state index contributed by atoms with van der Waals surface area (Å²) in [6.45, 7) is 4.20. The van der Waals surface area contributed by atoms with Crippen LogP contribution in [0.1, 0.15) is 26.2 Å². The van der Waals surface area contributed by atoms with Crippen molar-refractivity contribution in [3.05, 3.63) is 0 Å². The number of hydrogen-bond acceptors (Lipinski definition) is 2. The fourth-order valence-electron chi connectivity index (χ4n) is 2.47. The van der Waals surface area contributed by atoms with E-state index >= 15 is 0 Å². The highest BCUT2D eigenvalue weighted by atomic mass is 16.5. The first-order valence-electron chi connectivity index (χ1n) is 4.52. The van der Waals surface area contributed by atoms with Crippen LogP contribution in [-0.2, 0) is 4.74 Å². The van der Waals surface area contributed by atoms with E-state index in [1.54, 1.807) is 0 Å². The average Bonchev–Trinajstić information content (AvgIpc) is 2.34. The Morgan fingerprint density at radius 1 is 1.55 bits per heavy atom. The van der Waals surface area contributed by atoms with Crippen LogP contribution in [0.3, 0.4) is 0 Å². The number of ether oxygens (including phenoxy) is 1. The molecule has 2 fully saturated rings. The summed E-state index contributed by atoms with van der Waals surface area (Å²) in [7, 11) is 2.18. The lowest BCUT2D eigenvalue weighted by Gasteiger charge is -2.44. The molecule has 2 heteroatoms. The highest BCUT2D eigenvalue weighted by Gasteiger charge is 2.44. The van der Waals surface area contributed by atoms with E-state index in [1.807, 2.05) is 0 Å². The van der Waals surface area contributed by atoms with E-state index in [1.165, 1.54) is 19.3 Å².